The lowest BCUT2D eigenvalue weighted by Crippen LogP contribution is -2.40. The Morgan fingerprint density at radius 1 is 1.32 bits per heavy atom. The molecule has 1 saturated heterocycles. The lowest BCUT2D eigenvalue weighted by atomic mass is 9.95. The summed E-state index contributed by atoms with van der Waals surface area (Å²) in [5.41, 5.74) is 0.542. The number of carbonyl (C=O) groups is 1. The van der Waals surface area contributed by atoms with Crippen molar-refractivity contribution < 1.29 is 13.9 Å². The van der Waals surface area contributed by atoms with Crippen molar-refractivity contribution in [3.05, 3.63) is 17.4 Å². The fourth-order valence-corrected chi connectivity index (χ4v) is 3.57. The van der Waals surface area contributed by atoms with E-state index in [0.717, 1.165) is 45.1 Å². The summed E-state index contributed by atoms with van der Waals surface area (Å²) in [6, 6.07) is 1.51. The summed E-state index contributed by atoms with van der Waals surface area (Å²) < 4.78 is 19.7. The van der Waals surface area contributed by atoms with E-state index in [-0.39, 0.29) is 30.4 Å². The van der Waals surface area contributed by atoms with Crippen LogP contribution in [0.4, 0.5) is 10.2 Å². The van der Waals surface area contributed by atoms with Gasteiger partial charge in [-0.25, -0.2) is 4.39 Å². The maximum atomic E-state index is 14.4. The van der Waals surface area contributed by atoms with Gasteiger partial charge in [0.15, 0.2) is 11.6 Å². The third-order valence-electron chi connectivity index (χ3n) is 4.98. The summed E-state index contributed by atoms with van der Waals surface area (Å²) in [5, 5.41) is 9.18. The van der Waals surface area contributed by atoms with Gasteiger partial charge in [0.2, 0.25) is 11.8 Å². The monoisotopic (exact) mass is 350 g/mol. The van der Waals surface area contributed by atoms with Gasteiger partial charge in [-0.2, -0.15) is 4.98 Å². The van der Waals surface area contributed by atoms with Gasteiger partial charge < -0.3 is 20.7 Å². The molecule has 0 spiro atoms. The predicted molar refractivity (Wildman–Crippen MR) is 94.1 cm³/mol. The number of pyridine rings is 1. The van der Waals surface area contributed by atoms with Crippen LogP contribution in [0.2, 0.25) is 0 Å². The zero-order chi connectivity index (χ0) is 17.6. The zero-order valence-electron chi connectivity index (χ0n) is 14.7. The number of nitrogens with zero attached hydrogens (tertiary/aromatic N) is 1. The van der Waals surface area contributed by atoms with Gasteiger partial charge in [0, 0.05) is 18.2 Å². The lowest BCUT2D eigenvalue weighted by Gasteiger charge is -2.24. The third kappa shape index (κ3) is 4.60. The number of amides is 1. The van der Waals surface area contributed by atoms with Gasteiger partial charge in [-0.3, -0.25) is 4.79 Å². The van der Waals surface area contributed by atoms with Crippen LogP contribution in [0.25, 0.3) is 0 Å². The smallest absolute Gasteiger partial charge is 0.237 e. The number of rotatable bonds is 6. The first-order valence-corrected chi connectivity index (χ1v) is 9.18. The molecule has 0 unspecified atom stereocenters. The summed E-state index contributed by atoms with van der Waals surface area (Å²) in [4.78, 5) is 16.4. The molecule has 1 aliphatic carbocycles. The summed E-state index contributed by atoms with van der Waals surface area (Å²) in [7, 11) is 1.51. The second kappa shape index (κ2) is 8.47. The first-order chi connectivity index (χ1) is 12.2. The van der Waals surface area contributed by atoms with Crippen LogP contribution >= 0.6 is 0 Å². The number of hydrogen-bond donors (Lipinski definition) is 3. The van der Waals surface area contributed by atoms with Crippen molar-refractivity contribution >= 4 is 11.7 Å². The molecule has 3 rings (SSSR count). The van der Waals surface area contributed by atoms with Gasteiger partial charge in [-0.15, -0.1) is 0 Å². The molecule has 6 nitrogen and oxygen atoms in total. The van der Waals surface area contributed by atoms with Crippen molar-refractivity contribution in [2.24, 2.45) is 0 Å². The molecule has 0 radical (unpaired) electrons. The highest BCUT2D eigenvalue weighted by atomic mass is 19.1. The SMILES string of the molecule is COc1nc(NC2CCCCC2)c(F)cc1CNC(=O)[C@@H]1CCCN1. The van der Waals surface area contributed by atoms with Gasteiger partial charge in [0.05, 0.1) is 13.2 Å². The van der Waals surface area contributed by atoms with Crippen LogP contribution in [0.15, 0.2) is 6.07 Å². The summed E-state index contributed by atoms with van der Waals surface area (Å²) in [6.45, 7) is 1.06. The highest BCUT2D eigenvalue weighted by molar-refractivity contribution is 5.82. The van der Waals surface area contributed by atoms with E-state index in [1.165, 1.54) is 19.6 Å². The molecule has 1 saturated carbocycles. The molecule has 1 aliphatic heterocycles. The van der Waals surface area contributed by atoms with E-state index in [1.54, 1.807) is 0 Å². The number of hydrogen-bond acceptors (Lipinski definition) is 5. The standard InChI is InChI=1S/C18H27FN4O2/c1-25-18-12(11-21-17(24)15-8-5-9-20-15)10-14(19)16(23-18)22-13-6-3-2-4-7-13/h10,13,15,20H,2-9,11H2,1H3,(H,21,24)(H,22,23)/t15-/m0/s1. The number of halogens is 1. The Morgan fingerprint density at radius 2 is 2.12 bits per heavy atom. The van der Waals surface area contributed by atoms with Crippen molar-refractivity contribution in [3.8, 4) is 5.88 Å². The molecular weight excluding hydrogens is 323 g/mol. The largest absolute Gasteiger partial charge is 0.481 e. The normalized spacial score (nSPS) is 21.1. The van der Waals surface area contributed by atoms with E-state index >= 15 is 0 Å². The molecule has 3 N–H and O–H groups in total. The van der Waals surface area contributed by atoms with Crippen molar-refractivity contribution in [1.29, 1.82) is 0 Å². The molecular formula is C18H27FN4O2. The molecule has 2 aliphatic rings. The number of aromatic nitrogens is 1. The van der Waals surface area contributed by atoms with E-state index in [1.807, 2.05) is 0 Å². The first kappa shape index (κ1) is 17.9. The van der Waals surface area contributed by atoms with Crippen LogP contribution in [-0.4, -0.2) is 36.6 Å². The Morgan fingerprint density at radius 3 is 2.80 bits per heavy atom. The molecule has 7 heteroatoms. The van der Waals surface area contributed by atoms with E-state index in [0.29, 0.717) is 11.4 Å². The van der Waals surface area contributed by atoms with Crippen LogP contribution in [0.5, 0.6) is 5.88 Å². The topological polar surface area (TPSA) is 75.3 Å². The number of carbonyl (C=O) groups excluding carboxylic acids is 1. The molecule has 1 atom stereocenters. The van der Waals surface area contributed by atoms with Crippen molar-refractivity contribution in [2.45, 2.75) is 63.6 Å². The molecule has 2 heterocycles. The van der Waals surface area contributed by atoms with Gasteiger partial charge >= 0.3 is 0 Å². The Labute approximate surface area is 147 Å². The second-order valence-electron chi connectivity index (χ2n) is 6.83. The molecule has 25 heavy (non-hydrogen) atoms. The Bertz CT molecular complexity index is 599. The molecule has 1 aromatic rings. The Balaban J connectivity index is 1.64. The van der Waals surface area contributed by atoms with E-state index in [4.69, 9.17) is 4.74 Å². The predicted octanol–water partition coefficient (Wildman–Crippen LogP) is 2.34. The minimum Gasteiger partial charge on any atom is -0.481 e. The fourth-order valence-electron chi connectivity index (χ4n) is 3.57. The number of anilines is 1. The molecule has 1 amide bonds. The maximum absolute atomic E-state index is 14.4. The number of nitrogens with one attached hydrogen (secondary N) is 3. The van der Waals surface area contributed by atoms with Gasteiger partial charge in [0.1, 0.15) is 0 Å². The van der Waals surface area contributed by atoms with Crippen molar-refractivity contribution in [2.75, 3.05) is 19.0 Å². The average molecular weight is 350 g/mol. The lowest BCUT2D eigenvalue weighted by molar-refractivity contribution is -0.122. The van der Waals surface area contributed by atoms with Gasteiger partial charge in [-0.05, 0) is 38.3 Å². The summed E-state index contributed by atoms with van der Waals surface area (Å²) in [5.74, 6) is 0.106. The molecule has 138 valence electrons. The van der Waals surface area contributed by atoms with Crippen LogP contribution in [0.3, 0.4) is 0 Å². The highest BCUT2D eigenvalue weighted by Crippen LogP contribution is 2.26. The fraction of sp³-hybridized carbons (Fsp3) is 0.667. The van der Waals surface area contributed by atoms with Gasteiger partial charge in [0.25, 0.3) is 0 Å². The third-order valence-corrected chi connectivity index (χ3v) is 4.98. The Hall–Kier alpha value is -1.89. The van der Waals surface area contributed by atoms with E-state index < -0.39 is 5.82 Å². The van der Waals surface area contributed by atoms with Gasteiger partial charge in [-0.1, -0.05) is 19.3 Å². The molecule has 1 aromatic heterocycles. The van der Waals surface area contributed by atoms with Crippen molar-refractivity contribution in [3.63, 3.8) is 0 Å². The van der Waals surface area contributed by atoms with Crippen LogP contribution in [-0.2, 0) is 11.3 Å². The zero-order valence-corrected chi connectivity index (χ0v) is 14.7. The molecule has 2 fully saturated rings. The first-order valence-electron chi connectivity index (χ1n) is 9.18. The highest BCUT2D eigenvalue weighted by Gasteiger charge is 2.23. The second-order valence-corrected chi connectivity index (χ2v) is 6.83. The Kier molecular flexibility index (Phi) is 6.07. The van der Waals surface area contributed by atoms with Crippen LogP contribution in [0.1, 0.15) is 50.5 Å². The van der Waals surface area contributed by atoms with Crippen LogP contribution < -0.4 is 20.7 Å². The molecule has 0 aromatic carbocycles. The van der Waals surface area contributed by atoms with Crippen molar-refractivity contribution in [1.82, 2.24) is 15.6 Å². The quantitative estimate of drug-likeness (QED) is 0.734. The van der Waals surface area contributed by atoms with E-state index in [2.05, 4.69) is 20.9 Å². The number of ether oxygens (including phenoxy) is 1. The minimum absolute atomic E-state index is 0.0654. The van der Waals surface area contributed by atoms with E-state index in [9.17, 15) is 9.18 Å². The number of methoxy groups -OCH3 is 1. The summed E-state index contributed by atoms with van der Waals surface area (Å²) in [6.07, 6.45) is 7.47. The van der Waals surface area contributed by atoms with Crippen LogP contribution in [0, 0.1) is 5.82 Å². The average Bonchev–Trinajstić information content (AvgIpc) is 3.17. The molecule has 0 bridgehead atoms. The minimum atomic E-state index is -0.408. The summed E-state index contributed by atoms with van der Waals surface area (Å²) >= 11 is 0. The maximum Gasteiger partial charge on any atom is 0.237 e.